The molecule has 2 N–H and O–H groups in total. The van der Waals surface area contributed by atoms with Crippen molar-refractivity contribution in [2.75, 3.05) is 20.1 Å². The Kier molecular flexibility index (Phi) is 5.38. The molecule has 0 amide bonds. The first-order valence-corrected chi connectivity index (χ1v) is 11.1. The molecule has 6 heteroatoms. The van der Waals surface area contributed by atoms with Crippen molar-refractivity contribution >= 4 is 16.9 Å². The number of aromatic carboxylic acids is 1. The second-order valence-corrected chi connectivity index (χ2v) is 8.73. The van der Waals surface area contributed by atoms with Gasteiger partial charge in [0, 0.05) is 34.8 Å². The summed E-state index contributed by atoms with van der Waals surface area (Å²) in [6, 6.07) is 18.6. The molecule has 0 bridgehead atoms. The number of likely N-dealkylation sites (tertiary alicyclic amines) is 1. The molecule has 1 unspecified atom stereocenters. The van der Waals surface area contributed by atoms with Gasteiger partial charge in [0.2, 0.25) is 0 Å². The largest absolute Gasteiger partial charge is 0.507 e. The van der Waals surface area contributed by atoms with Gasteiger partial charge in [0.1, 0.15) is 11.6 Å². The molecule has 1 aromatic heterocycles. The number of benzene rings is 3. The van der Waals surface area contributed by atoms with Gasteiger partial charge in [-0.25, -0.2) is 9.18 Å². The molecule has 1 aliphatic heterocycles. The highest BCUT2D eigenvalue weighted by molar-refractivity contribution is 6.03. The van der Waals surface area contributed by atoms with Crippen LogP contribution in [0, 0.1) is 5.82 Å². The summed E-state index contributed by atoms with van der Waals surface area (Å²) in [5, 5.41) is 21.0. The highest BCUT2D eigenvalue weighted by Crippen LogP contribution is 2.45. The van der Waals surface area contributed by atoms with E-state index in [9.17, 15) is 19.4 Å². The molecule has 5 nitrogen and oxygen atoms in total. The third-order valence-corrected chi connectivity index (χ3v) is 6.52. The first-order valence-electron chi connectivity index (χ1n) is 11.1. The zero-order chi connectivity index (χ0) is 23.1. The number of carboxylic acid groups (broad SMARTS) is 1. The Hall–Kier alpha value is -3.64. The number of carboxylic acids is 1. The maximum Gasteiger partial charge on any atom is 0.335 e. The summed E-state index contributed by atoms with van der Waals surface area (Å²) in [5.41, 5.74) is 4.66. The third-order valence-electron chi connectivity index (χ3n) is 6.52. The van der Waals surface area contributed by atoms with Crippen LogP contribution in [0.1, 0.15) is 34.8 Å². The average Bonchev–Trinajstić information content (AvgIpc) is 3.16. The Bertz CT molecular complexity index is 1330. The molecule has 168 valence electrons. The molecule has 0 saturated carbocycles. The monoisotopic (exact) mass is 444 g/mol. The minimum atomic E-state index is -0.979. The van der Waals surface area contributed by atoms with Gasteiger partial charge in [-0.15, -0.1) is 0 Å². The molecule has 1 fully saturated rings. The number of nitrogens with zero attached hydrogens (tertiary/aromatic N) is 2. The van der Waals surface area contributed by atoms with Crippen molar-refractivity contribution in [3.05, 3.63) is 83.8 Å². The van der Waals surface area contributed by atoms with Crippen molar-refractivity contribution < 1.29 is 19.4 Å². The maximum atomic E-state index is 13.8. The van der Waals surface area contributed by atoms with E-state index in [4.69, 9.17) is 0 Å². The summed E-state index contributed by atoms with van der Waals surface area (Å²) in [7, 11) is 2.11. The number of piperidine rings is 1. The van der Waals surface area contributed by atoms with E-state index in [0.717, 1.165) is 54.0 Å². The second kappa shape index (κ2) is 8.37. The summed E-state index contributed by atoms with van der Waals surface area (Å²) < 4.78 is 15.9. The van der Waals surface area contributed by atoms with Gasteiger partial charge >= 0.3 is 5.97 Å². The number of aromatic nitrogens is 1. The third kappa shape index (κ3) is 3.76. The zero-order valence-electron chi connectivity index (χ0n) is 18.3. The highest BCUT2D eigenvalue weighted by Gasteiger charge is 2.30. The minimum Gasteiger partial charge on any atom is -0.507 e. The van der Waals surface area contributed by atoms with Crippen LogP contribution in [0.5, 0.6) is 5.75 Å². The topological polar surface area (TPSA) is 65.7 Å². The molecule has 4 aromatic rings. The molecule has 0 aliphatic carbocycles. The predicted molar refractivity (Wildman–Crippen MR) is 127 cm³/mol. The molecular formula is C27H25FN2O3. The van der Waals surface area contributed by atoms with E-state index < -0.39 is 5.97 Å². The number of rotatable bonds is 4. The van der Waals surface area contributed by atoms with Gasteiger partial charge in [-0.1, -0.05) is 18.2 Å². The van der Waals surface area contributed by atoms with Crippen molar-refractivity contribution in [3.8, 4) is 22.6 Å². The lowest BCUT2D eigenvalue weighted by Crippen LogP contribution is -2.32. The summed E-state index contributed by atoms with van der Waals surface area (Å²) in [4.78, 5) is 13.7. The number of phenolic OH excluding ortho intramolecular Hbond substituents is 1. The molecule has 5 rings (SSSR count). The number of carbonyl (C=O) groups is 1. The first kappa shape index (κ1) is 21.2. The Morgan fingerprint density at radius 2 is 1.76 bits per heavy atom. The Balaban J connectivity index is 1.85. The quantitative estimate of drug-likeness (QED) is 0.427. The second-order valence-electron chi connectivity index (χ2n) is 8.73. The van der Waals surface area contributed by atoms with Crippen LogP contribution in [0.15, 0.2) is 66.7 Å². The summed E-state index contributed by atoms with van der Waals surface area (Å²) in [6.07, 6.45) is 2.04. The van der Waals surface area contributed by atoms with Gasteiger partial charge < -0.3 is 19.7 Å². The van der Waals surface area contributed by atoms with Crippen molar-refractivity contribution in [3.63, 3.8) is 0 Å². The fraction of sp³-hybridized carbons (Fsp3) is 0.222. The SMILES string of the molecule is CN1CCCC(c2c(-c3ccc(C(=O)O)cc3)c3c(O)cccc3n2-c2ccc(F)cc2)C1. The van der Waals surface area contributed by atoms with E-state index in [1.54, 1.807) is 42.5 Å². The molecule has 3 aromatic carbocycles. The van der Waals surface area contributed by atoms with Crippen molar-refractivity contribution in [1.82, 2.24) is 9.47 Å². The van der Waals surface area contributed by atoms with Crippen LogP contribution in [-0.4, -0.2) is 45.8 Å². The number of likely N-dealkylation sites (N-methyl/N-ethyl adjacent to an activating group) is 1. The predicted octanol–water partition coefficient (Wildman–Crippen LogP) is 5.65. The van der Waals surface area contributed by atoms with E-state index in [-0.39, 0.29) is 23.0 Å². The minimum absolute atomic E-state index is 0.163. The van der Waals surface area contributed by atoms with Crippen LogP contribution < -0.4 is 0 Å². The number of aromatic hydroxyl groups is 1. The Morgan fingerprint density at radius 3 is 2.42 bits per heavy atom. The van der Waals surface area contributed by atoms with Crippen LogP contribution in [0.4, 0.5) is 4.39 Å². The number of fused-ring (bicyclic) bond motifs is 1. The highest BCUT2D eigenvalue weighted by atomic mass is 19.1. The van der Waals surface area contributed by atoms with Gasteiger partial charge in [-0.3, -0.25) is 0 Å². The van der Waals surface area contributed by atoms with Gasteiger partial charge in [0.05, 0.1) is 11.1 Å². The maximum absolute atomic E-state index is 13.8. The number of hydrogen-bond donors (Lipinski definition) is 2. The van der Waals surface area contributed by atoms with Crippen LogP contribution in [-0.2, 0) is 0 Å². The van der Waals surface area contributed by atoms with E-state index in [1.165, 1.54) is 12.1 Å². The molecule has 1 aliphatic rings. The van der Waals surface area contributed by atoms with Crippen molar-refractivity contribution in [2.24, 2.45) is 0 Å². The molecule has 1 atom stereocenters. The van der Waals surface area contributed by atoms with Crippen LogP contribution in [0.2, 0.25) is 0 Å². The van der Waals surface area contributed by atoms with Crippen LogP contribution >= 0.6 is 0 Å². The van der Waals surface area contributed by atoms with Crippen LogP contribution in [0.25, 0.3) is 27.7 Å². The van der Waals surface area contributed by atoms with E-state index in [1.807, 2.05) is 12.1 Å². The van der Waals surface area contributed by atoms with Gasteiger partial charge in [-0.05, 0) is 80.5 Å². The Morgan fingerprint density at radius 1 is 1.03 bits per heavy atom. The van der Waals surface area contributed by atoms with Gasteiger partial charge in [0.25, 0.3) is 0 Å². The fourth-order valence-electron chi connectivity index (χ4n) is 5.06. The molecule has 0 spiro atoms. The number of hydrogen-bond acceptors (Lipinski definition) is 3. The normalized spacial score (nSPS) is 16.8. The zero-order valence-corrected chi connectivity index (χ0v) is 18.3. The molecule has 2 heterocycles. The molecule has 1 saturated heterocycles. The number of phenols is 1. The van der Waals surface area contributed by atoms with E-state index in [0.29, 0.717) is 5.39 Å². The summed E-state index contributed by atoms with van der Waals surface area (Å²) in [5.74, 6) is -0.931. The van der Waals surface area contributed by atoms with Crippen LogP contribution in [0.3, 0.4) is 0 Å². The van der Waals surface area contributed by atoms with Crippen molar-refractivity contribution in [1.29, 1.82) is 0 Å². The van der Waals surface area contributed by atoms with Gasteiger partial charge in [-0.2, -0.15) is 0 Å². The average molecular weight is 445 g/mol. The first-order chi connectivity index (χ1) is 15.9. The lowest BCUT2D eigenvalue weighted by Gasteiger charge is -2.31. The van der Waals surface area contributed by atoms with E-state index in [2.05, 4.69) is 16.5 Å². The smallest absolute Gasteiger partial charge is 0.335 e. The van der Waals surface area contributed by atoms with Crippen molar-refractivity contribution in [2.45, 2.75) is 18.8 Å². The summed E-state index contributed by atoms with van der Waals surface area (Å²) in [6.45, 7) is 1.89. The Labute approximate surface area is 191 Å². The van der Waals surface area contributed by atoms with E-state index >= 15 is 0 Å². The lowest BCUT2D eigenvalue weighted by atomic mass is 9.89. The lowest BCUT2D eigenvalue weighted by molar-refractivity contribution is 0.0697. The van der Waals surface area contributed by atoms with Gasteiger partial charge in [0.15, 0.2) is 0 Å². The molecular weight excluding hydrogens is 419 g/mol. The molecule has 0 radical (unpaired) electrons. The standard InChI is InChI=1S/C27H25FN2O3/c1-29-15-3-4-19(16-29)26-24(17-7-9-18(10-8-17)27(32)33)25-22(5-2-6-23(25)31)30(26)21-13-11-20(28)12-14-21/h2,5-14,19,31H,3-4,15-16H2,1H3,(H,32,33). The fourth-order valence-corrected chi connectivity index (χ4v) is 5.06. The summed E-state index contributed by atoms with van der Waals surface area (Å²) >= 11 is 0. The number of halogens is 1. The molecule has 33 heavy (non-hydrogen) atoms.